The van der Waals surface area contributed by atoms with Crippen LogP contribution >= 0.6 is 11.6 Å². The topological polar surface area (TPSA) is 17.1 Å². The number of halogens is 1. The third kappa shape index (κ3) is 2.56. The van der Waals surface area contributed by atoms with Crippen LogP contribution in [-0.2, 0) is 0 Å². The highest BCUT2D eigenvalue weighted by molar-refractivity contribution is 6.34. The molecule has 0 aliphatic carbocycles. The van der Waals surface area contributed by atoms with Gasteiger partial charge in [-0.3, -0.25) is 4.79 Å². The van der Waals surface area contributed by atoms with E-state index in [0.717, 1.165) is 5.56 Å². The van der Waals surface area contributed by atoms with Crippen LogP contribution in [0.4, 0.5) is 0 Å². The molecule has 0 N–H and O–H groups in total. The van der Waals surface area contributed by atoms with Crippen LogP contribution in [0.1, 0.15) is 28.8 Å². The van der Waals surface area contributed by atoms with Gasteiger partial charge >= 0.3 is 0 Å². The minimum Gasteiger partial charge on any atom is -0.293 e. The highest BCUT2D eigenvalue weighted by Crippen LogP contribution is 2.24. The Morgan fingerprint density at radius 1 is 1.00 bits per heavy atom. The highest BCUT2D eigenvalue weighted by Gasteiger charge is 2.18. The Balaban J connectivity index is 2.30. The van der Waals surface area contributed by atoms with Crippen molar-refractivity contribution >= 4 is 17.4 Å². The van der Waals surface area contributed by atoms with E-state index in [-0.39, 0.29) is 11.7 Å². The summed E-state index contributed by atoms with van der Waals surface area (Å²) in [5, 5.41) is 0.514. The molecule has 0 saturated carbocycles. The molecule has 2 aromatic rings. The Hall–Kier alpha value is -1.60. The lowest BCUT2D eigenvalue weighted by molar-refractivity contribution is 0.0966. The summed E-state index contributed by atoms with van der Waals surface area (Å²) < 4.78 is 0. The number of Topliss-reactive ketones (excluding diaryl/α,β-unsaturated/α-hetero) is 1. The van der Waals surface area contributed by atoms with Crippen LogP contribution in [0.25, 0.3) is 0 Å². The first-order valence-corrected chi connectivity index (χ1v) is 5.91. The summed E-state index contributed by atoms with van der Waals surface area (Å²) in [6, 6.07) is 16.9. The van der Waals surface area contributed by atoms with Gasteiger partial charge in [0.2, 0.25) is 0 Å². The molecule has 2 aromatic carbocycles. The first-order valence-electron chi connectivity index (χ1n) is 5.54. The predicted octanol–water partition coefficient (Wildman–Crippen LogP) is 4.33. The molecule has 0 aliphatic rings. The Labute approximate surface area is 106 Å². The van der Waals surface area contributed by atoms with Gasteiger partial charge in [0.15, 0.2) is 5.78 Å². The maximum Gasteiger partial charge on any atom is 0.171 e. The summed E-state index contributed by atoms with van der Waals surface area (Å²) in [6.07, 6.45) is 0. The molecule has 1 nitrogen and oxygen atoms in total. The van der Waals surface area contributed by atoms with Gasteiger partial charge in [-0.15, -0.1) is 0 Å². The summed E-state index contributed by atoms with van der Waals surface area (Å²) in [5.41, 5.74) is 1.60. The molecule has 0 heterocycles. The lowest BCUT2D eigenvalue weighted by atomic mass is 9.92. The fourth-order valence-corrected chi connectivity index (χ4v) is 2.02. The molecule has 1 unspecified atom stereocenters. The van der Waals surface area contributed by atoms with Crippen molar-refractivity contribution in [1.82, 2.24) is 0 Å². The Kier molecular flexibility index (Phi) is 3.60. The zero-order valence-electron chi connectivity index (χ0n) is 9.56. The third-order valence-electron chi connectivity index (χ3n) is 2.83. The number of benzene rings is 2. The number of ketones is 1. The fraction of sp³-hybridized carbons (Fsp3) is 0.133. The molecule has 2 rings (SSSR count). The van der Waals surface area contributed by atoms with E-state index in [1.54, 1.807) is 12.1 Å². The minimum absolute atomic E-state index is 0.0572. The van der Waals surface area contributed by atoms with Gasteiger partial charge < -0.3 is 0 Å². The van der Waals surface area contributed by atoms with E-state index in [0.29, 0.717) is 10.6 Å². The van der Waals surface area contributed by atoms with E-state index >= 15 is 0 Å². The summed E-state index contributed by atoms with van der Waals surface area (Å²) in [5.74, 6) is -0.113. The maximum absolute atomic E-state index is 12.3. The predicted molar refractivity (Wildman–Crippen MR) is 70.6 cm³/mol. The Bertz CT molecular complexity index is 519. The van der Waals surface area contributed by atoms with Crippen molar-refractivity contribution < 1.29 is 4.79 Å². The van der Waals surface area contributed by atoms with Crippen molar-refractivity contribution in [2.45, 2.75) is 12.8 Å². The van der Waals surface area contributed by atoms with Gasteiger partial charge in [0.1, 0.15) is 0 Å². The van der Waals surface area contributed by atoms with Gasteiger partial charge in [-0.1, -0.05) is 61.0 Å². The monoisotopic (exact) mass is 244 g/mol. The SMILES string of the molecule is CC(C(=O)c1ccccc1Cl)c1ccccc1. The maximum atomic E-state index is 12.3. The van der Waals surface area contributed by atoms with E-state index < -0.39 is 0 Å². The first-order chi connectivity index (χ1) is 8.20. The molecular formula is C15H13ClO. The molecule has 0 aromatic heterocycles. The molecular weight excluding hydrogens is 232 g/mol. The van der Waals surface area contributed by atoms with E-state index in [1.807, 2.05) is 49.4 Å². The van der Waals surface area contributed by atoms with Gasteiger partial charge in [0.25, 0.3) is 0 Å². The van der Waals surface area contributed by atoms with Crippen molar-refractivity contribution in [3.05, 3.63) is 70.7 Å². The second kappa shape index (κ2) is 5.15. The number of carbonyl (C=O) groups excluding carboxylic acids is 1. The Morgan fingerprint density at radius 2 is 1.59 bits per heavy atom. The van der Waals surface area contributed by atoms with E-state index in [1.165, 1.54) is 0 Å². The van der Waals surface area contributed by atoms with Gasteiger partial charge in [-0.05, 0) is 17.7 Å². The highest BCUT2D eigenvalue weighted by atomic mass is 35.5. The van der Waals surface area contributed by atoms with Gasteiger partial charge in [-0.25, -0.2) is 0 Å². The number of hydrogen-bond acceptors (Lipinski definition) is 1. The van der Waals surface area contributed by atoms with Gasteiger partial charge in [0, 0.05) is 11.5 Å². The molecule has 0 amide bonds. The summed E-state index contributed by atoms with van der Waals surface area (Å²) in [7, 11) is 0. The number of rotatable bonds is 3. The second-order valence-electron chi connectivity index (χ2n) is 3.98. The number of carbonyl (C=O) groups is 1. The summed E-state index contributed by atoms with van der Waals surface area (Å²) in [6.45, 7) is 1.90. The Morgan fingerprint density at radius 3 is 2.24 bits per heavy atom. The molecule has 0 spiro atoms. The summed E-state index contributed by atoms with van der Waals surface area (Å²) >= 11 is 6.03. The van der Waals surface area contributed by atoms with Crippen molar-refractivity contribution in [2.24, 2.45) is 0 Å². The average molecular weight is 245 g/mol. The molecule has 86 valence electrons. The normalized spacial score (nSPS) is 12.1. The van der Waals surface area contributed by atoms with Gasteiger partial charge in [-0.2, -0.15) is 0 Å². The van der Waals surface area contributed by atoms with Crippen molar-refractivity contribution in [1.29, 1.82) is 0 Å². The lowest BCUT2D eigenvalue weighted by Gasteiger charge is -2.11. The number of hydrogen-bond donors (Lipinski definition) is 0. The smallest absolute Gasteiger partial charge is 0.171 e. The van der Waals surface area contributed by atoms with Crippen molar-refractivity contribution in [3.63, 3.8) is 0 Å². The molecule has 2 heteroatoms. The largest absolute Gasteiger partial charge is 0.293 e. The van der Waals surface area contributed by atoms with Crippen LogP contribution in [-0.4, -0.2) is 5.78 Å². The van der Waals surface area contributed by atoms with Crippen LogP contribution in [0.3, 0.4) is 0 Å². The molecule has 0 aliphatic heterocycles. The van der Waals surface area contributed by atoms with Crippen LogP contribution in [0.5, 0.6) is 0 Å². The standard InChI is InChI=1S/C15H13ClO/c1-11(12-7-3-2-4-8-12)15(17)13-9-5-6-10-14(13)16/h2-11H,1H3. The second-order valence-corrected chi connectivity index (χ2v) is 4.38. The molecule has 0 radical (unpaired) electrons. The van der Waals surface area contributed by atoms with Crippen LogP contribution in [0.2, 0.25) is 5.02 Å². The molecule has 0 saturated heterocycles. The van der Waals surface area contributed by atoms with Crippen LogP contribution in [0, 0.1) is 0 Å². The first kappa shape index (κ1) is 11.9. The summed E-state index contributed by atoms with van der Waals surface area (Å²) in [4.78, 5) is 12.3. The zero-order chi connectivity index (χ0) is 12.3. The lowest BCUT2D eigenvalue weighted by Crippen LogP contribution is -2.09. The molecule has 0 fully saturated rings. The minimum atomic E-state index is -0.170. The quantitative estimate of drug-likeness (QED) is 0.735. The van der Waals surface area contributed by atoms with E-state index in [2.05, 4.69) is 0 Å². The fourth-order valence-electron chi connectivity index (χ4n) is 1.79. The van der Waals surface area contributed by atoms with E-state index in [4.69, 9.17) is 11.6 Å². The van der Waals surface area contributed by atoms with Crippen molar-refractivity contribution in [3.8, 4) is 0 Å². The van der Waals surface area contributed by atoms with E-state index in [9.17, 15) is 4.79 Å². The molecule has 17 heavy (non-hydrogen) atoms. The third-order valence-corrected chi connectivity index (χ3v) is 3.16. The van der Waals surface area contributed by atoms with Crippen LogP contribution < -0.4 is 0 Å². The van der Waals surface area contributed by atoms with Crippen molar-refractivity contribution in [2.75, 3.05) is 0 Å². The van der Waals surface area contributed by atoms with Gasteiger partial charge in [0.05, 0.1) is 5.02 Å². The molecule has 0 bridgehead atoms. The van der Waals surface area contributed by atoms with Crippen LogP contribution in [0.15, 0.2) is 54.6 Å². The average Bonchev–Trinajstić information content (AvgIpc) is 2.39. The molecule has 1 atom stereocenters. The zero-order valence-corrected chi connectivity index (χ0v) is 10.3.